The van der Waals surface area contributed by atoms with Crippen LogP contribution in [-0.4, -0.2) is 4.57 Å². The minimum Gasteiger partial charge on any atom is -0.312 e. The number of rotatable bonds is 2. The zero-order valence-corrected chi connectivity index (χ0v) is 15.1. The van der Waals surface area contributed by atoms with Gasteiger partial charge in [0.2, 0.25) is 0 Å². The van der Waals surface area contributed by atoms with E-state index in [1.807, 2.05) is 0 Å². The van der Waals surface area contributed by atoms with Crippen LogP contribution in [0.2, 0.25) is 0 Å². The molecule has 26 heavy (non-hydrogen) atoms. The molecule has 4 aromatic rings. The van der Waals surface area contributed by atoms with E-state index in [9.17, 15) is 0 Å². The van der Waals surface area contributed by atoms with Gasteiger partial charge in [-0.15, -0.1) is 0 Å². The molecule has 0 spiro atoms. The lowest BCUT2D eigenvalue weighted by Gasteiger charge is -2.11. The van der Waals surface area contributed by atoms with Crippen molar-refractivity contribution in [2.45, 2.75) is 19.8 Å². The summed E-state index contributed by atoms with van der Waals surface area (Å²) in [5.41, 5.74) is 10.7. The van der Waals surface area contributed by atoms with Crippen molar-refractivity contribution in [3.8, 4) is 28.1 Å². The third-order valence-electron chi connectivity index (χ3n) is 5.58. The molecule has 1 aliphatic rings. The third kappa shape index (κ3) is 2.10. The van der Waals surface area contributed by atoms with Crippen molar-refractivity contribution < 1.29 is 0 Å². The van der Waals surface area contributed by atoms with Crippen molar-refractivity contribution >= 4 is 0 Å². The SMILES string of the molecule is Cc1cccc2c1C(C)c1c(-c3ccccc3)cc(-c3ccccc3)n1-2. The molecule has 0 fully saturated rings. The molecule has 0 radical (unpaired) electrons. The molecule has 1 atom stereocenters. The Morgan fingerprint density at radius 1 is 0.731 bits per heavy atom. The molecule has 1 unspecified atom stereocenters. The molecule has 1 heteroatoms. The fourth-order valence-electron chi connectivity index (χ4n) is 4.44. The van der Waals surface area contributed by atoms with Crippen LogP contribution in [0.3, 0.4) is 0 Å². The van der Waals surface area contributed by atoms with E-state index < -0.39 is 0 Å². The van der Waals surface area contributed by atoms with Gasteiger partial charge in [0.1, 0.15) is 0 Å². The lowest BCUT2D eigenvalue weighted by Crippen LogP contribution is -1.96. The van der Waals surface area contributed by atoms with Gasteiger partial charge in [-0.3, -0.25) is 0 Å². The van der Waals surface area contributed by atoms with Crippen molar-refractivity contribution in [2.24, 2.45) is 0 Å². The Balaban J connectivity index is 1.86. The lowest BCUT2D eigenvalue weighted by atomic mass is 9.91. The molecule has 0 saturated carbocycles. The number of aryl methyl sites for hydroxylation is 1. The first-order valence-electron chi connectivity index (χ1n) is 9.22. The highest BCUT2D eigenvalue weighted by atomic mass is 15.0. The molecule has 5 rings (SSSR count). The smallest absolute Gasteiger partial charge is 0.0538 e. The van der Waals surface area contributed by atoms with Gasteiger partial charge in [0.25, 0.3) is 0 Å². The maximum absolute atomic E-state index is 2.48. The number of fused-ring (bicyclic) bond motifs is 3. The van der Waals surface area contributed by atoms with Crippen molar-refractivity contribution in [1.82, 2.24) is 4.57 Å². The van der Waals surface area contributed by atoms with Gasteiger partial charge >= 0.3 is 0 Å². The fourth-order valence-corrected chi connectivity index (χ4v) is 4.44. The standard InChI is InChI=1S/C25H21N/c1-17-10-9-15-22-24(17)18(2)25-21(19-11-5-3-6-12-19)16-23(26(22)25)20-13-7-4-8-14-20/h3-16,18H,1-2H3. The van der Waals surface area contributed by atoms with E-state index in [1.165, 1.54) is 44.9 Å². The second-order valence-electron chi connectivity index (χ2n) is 7.13. The molecule has 126 valence electrons. The maximum Gasteiger partial charge on any atom is 0.0538 e. The van der Waals surface area contributed by atoms with Gasteiger partial charge < -0.3 is 4.57 Å². The summed E-state index contributed by atoms with van der Waals surface area (Å²) in [4.78, 5) is 0. The van der Waals surface area contributed by atoms with Gasteiger partial charge in [-0.25, -0.2) is 0 Å². The average Bonchev–Trinajstić information content (AvgIpc) is 3.21. The van der Waals surface area contributed by atoms with Crippen LogP contribution in [0.5, 0.6) is 0 Å². The summed E-state index contributed by atoms with van der Waals surface area (Å²) in [6.45, 7) is 4.57. The first-order chi connectivity index (χ1) is 12.8. The van der Waals surface area contributed by atoms with E-state index in [2.05, 4.69) is 103 Å². The van der Waals surface area contributed by atoms with E-state index in [-0.39, 0.29) is 0 Å². The van der Waals surface area contributed by atoms with Crippen LogP contribution < -0.4 is 0 Å². The maximum atomic E-state index is 2.48. The Labute approximate surface area is 154 Å². The Morgan fingerprint density at radius 3 is 2.08 bits per heavy atom. The van der Waals surface area contributed by atoms with Crippen molar-refractivity contribution in [3.63, 3.8) is 0 Å². The van der Waals surface area contributed by atoms with E-state index in [0.717, 1.165) is 0 Å². The summed E-state index contributed by atoms with van der Waals surface area (Å²) >= 11 is 0. The van der Waals surface area contributed by atoms with Crippen LogP contribution in [-0.2, 0) is 0 Å². The van der Waals surface area contributed by atoms with E-state index in [4.69, 9.17) is 0 Å². The first kappa shape index (κ1) is 15.2. The summed E-state index contributed by atoms with van der Waals surface area (Å²) in [6, 6.07) is 30.5. The van der Waals surface area contributed by atoms with Crippen LogP contribution in [0.4, 0.5) is 0 Å². The van der Waals surface area contributed by atoms with Crippen LogP contribution in [0.15, 0.2) is 84.9 Å². The Hall–Kier alpha value is -3.06. The first-order valence-corrected chi connectivity index (χ1v) is 9.22. The molecule has 0 N–H and O–H groups in total. The van der Waals surface area contributed by atoms with Crippen molar-refractivity contribution in [2.75, 3.05) is 0 Å². The monoisotopic (exact) mass is 335 g/mol. The highest BCUT2D eigenvalue weighted by molar-refractivity contribution is 5.81. The predicted molar refractivity (Wildman–Crippen MR) is 109 cm³/mol. The second kappa shape index (κ2) is 5.74. The quantitative estimate of drug-likeness (QED) is 0.390. The number of aromatic nitrogens is 1. The highest BCUT2D eigenvalue weighted by Crippen LogP contribution is 2.48. The van der Waals surface area contributed by atoms with Crippen molar-refractivity contribution in [1.29, 1.82) is 0 Å². The largest absolute Gasteiger partial charge is 0.312 e. The summed E-state index contributed by atoms with van der Waals surface area (Å²) in [6.07, 6.45) is 0. The minimum atomic E-state index is 0.388. The normalized spacial score (nSPS) is 14.9. The number of hydrogen-bond acceptors (Lipinski definition) is 0. The van der Waals surface area contributed by atoms with E-state index in [0.29, 0.717) is 5.92 Å². The molecule has 1 aromatic heterocycles. The molecule has 2 heterocycles. The van der Waals surface area contributed by atoms with Gasteiger partial charge in [0, 0.05) is 17.2 Å². The predicted octanol–water partition coefficient (Wildman–Crippen LogP) is 6.58. The van der Waals surface area contributed by atoms with Crippen LogP contribution in [0, 0.1) is 6.92 Å². The second-order valence-corrected chi connectivity index (χ2v) is 7.13. The number of benzene rings is 3. The van der Waals surface area contributed by atoms with Gasteiger partial charge in [0.15, 0.2) is 0 Å². The van der Waals surface area contributed by atoms with Gasteiger partial charge in [-0.05, 0) is 41.3 Å². The molecule has 1 nitrogen and oxygen atoms in total. The molecule has 3 aromatic carbocycles. The zero-order chi connectivity index (χ0) is 17.7. The number of nitrogens with zero attached hydrogens (tertiary/aromatic N) is 1. The molecule has 0 aliphatic carbocycles. The Kier molecular flexibility index (Phi) is 3.36. The lowest BCUT2D eigenvalue weighted by molar-refractivity contribution is 0.907. The molecule has 1 aliphatic heterocycles. The third-order valence-corrected chi connectivity index (χ3v) is 5.58. The zero-order valence-electron chi connectivity index (χ0n) is 15.1. The highest BCUT2D eigenvalue weighted by Gasteiger charge is 2.32. The van der Waals surface area contributed by atoms with Crippen molar-refractivity contribution in [3.05, 3.63) is 102 Å². The topological polar surface area (TPSA) is 4.93 Å². The summed E-state index contributed by atoms with van der Waals surface area (Å²) in [7, 11) is 0. The molecule has 0 amide bonds. The van der Waals surface area contributed by atoms with Crippen LogP contribution in [0.1, 0.15) is 29.7 Å². The van der Waals surface area contributed by atoms with Crippen LogP contribution >= 0.6 is 0 Å². The summed E-state index contributed by atoms with van der Waals surface area (Å²) in [5, 5.41) is 0. The van der Waals surface area contributed by atoms with Gasteiger partial charge in [-0.2, -0.15) is 0 Å². The molecule has 0 bridgehead atoms. The average molecular weight is 335 g/mol. The van der Waals surface area contributed by atoms with E-state index in [1.54, 1.807) is 0 Å². The fraction of sp³-hybridized carbons (Fsp3) is 0.120. The summed E-state index contributed by atoms with van der Waals surface area (Å²) < 4.78 is 2.48. The number of hydrogen-bond donors (Lipinski definition) is 0. The van der Waals surface area contributed by atoms with Gasteiger partial charge in [-0.1, -0.05) is 79.7 Å². The molecular formula is C25H21N. The van der Waals surface area contributed by atoms with Gasteiger partial charge in [0.05, 0.1) is 11.4 Å². The van der Waals surface area contributed by atoms with Crippen LogP contribution in [0.25, 0.3) is 28.1 Å². The Bertz CT molecular complexity index is 1090. The minimum absolute atomic E-state index is 0.388. The molecular weight excluding hydrogens is 314 g/mol. The Morgan fingerprint density at radius 2 is 1.38 bits per heavy atom. The molecule has 0 saturated heterocycles. The summed E-state index contributed by atoms with van der Waals surface area (Å²) in [5.74, 6) is 0.388. The van der Waals surface area contributed by atoms with E-state index >= 15 is 0 Å².